The summed E-state index contributed by atoms with van der Waals surface area (Å²) in [6.45, 7) is 0.815. The number of aliphatic hydroxyl groups is 2. The topological polar surface area (TPSA) is 196 Å². The van der Waals surface area contributed by atoms with Crippen LogP contribution in [0.1, 0.15) is 6.92 Å². The van der Waals surface area contributed by atoms with E-state index in [9.17, 15) is 40.2 Å². The summed E-state index contributed by atoms with van der Waals surface area (Å²) in [4.78, 5) is 23.7. The molecule has 1 fully saturated rings. The molecule has 4 atom stereocenters. The van der Waals surface area contributed by atoms with Crippen molar-refractivity contribution in [3.8, 4) is 40.1 Å². The summed E-state index contributed by atoms with van der Waals surface area (Å²) in [5, 5.41) is 60.1. The Balaban J connectivity index is 1.74. The van der Waals surface area contributed by atoms with E-state index in [2.05, 4.69) is 0 Å². The predicted molar refractivity (Wildman–Crippen MR) is 113 cm³/mol. The quantitative estimate of drug-likeness (QED) is 0.228. The van der Waals surface area contributed by atoms with Gasteiger partial charge in [0.2, 0.25) is 6.29 Å². The van der Waals surface area contributed by atoms with Crippen LogP contribution in [0.3, 0.4) is 0 Å². The molecular formula is C22H20O12. The van der Waals surface area contributed by atoms with Gasteiger partial charge in [-0.2, -0.15) is 0 Å². The van der Waals surface area contributed by atoms with Gasteiger partial charge >= 0.3 is 5.97 Å². The molecule has 1 aliphatic rings. The lowest BCUT2D eigenvalue weighted by Gasteiger charge is -2.36. The molecule has 0 aliphatic carbocycles. The summed E-state index contributed by atoms with van der Waals surface area (Å²) in [5.74, 6) is -3.17. The van der Waals surface area contributed by atoms with Crippen molar-refractivity contribution in [1.29, 1.82) is 0 Å². The zero-order valence-corrected chi connectivity index (χ0v) is 17.5. The molecule has 6 N–H and O–H groups in total. The van der Waals surface area contributed by atoms with Gasteiger partial charge < -0.3 is 49.3 Å². The van der Waals surface area contributed by atoms with Crippen molar-refractivity contribution in [1.82, 2.24) is 0 Å². The van der Waals surface area contributed by atoms with E-state index in [0.717, 1.165) is 37.3 Å². The lowest BCUT2D eigenvalue weighted by molar-refractivity contribution is -0.247. The molecule has 1 aliphatic heterocycles. The van der Waals surface area contributed by atoms with Crippen LogP contribution < -0.4 is 10.2 Å². The highest BCUT2D eigenvalue weighted by Crippen LogP contribution is 2.41. The summed E-state index contributed by atoms with van der Waals surface area (Å²) in [6.07, 6.45) is -5.87. The molecular weight excluding hydrogens is 456 g/mol. The number of benzene rings is 2. The molecule has 2 heterocycles. The van der Waals surface area contributed by atoms with E-state index in [1.165, 1.54) is 0 Å². The Hall–Kier alpha value is -4.00. The molecule has 1 saturated heterocycles. The Kier molecular flexibility index (Phi) is 5.96. The molecule has 34 heavy (non-hydrogen) atoms. The molecule has 0 amide bonds. The first-order chi connectivity index (χ1) is 16.0. The highest BCUT2D eigenvalue weighted by molar-refractivity contribution is 5.86. The second kappa shape index (κ2) is 8.74. The summed E-state index contributed by atoms with van der Waals surface area (Å²) >= 11 is 0. The van der Waals surface area contributed by atoms with Gasteiger partial charge in [0.05, 0.1) is 12.2 Å². The number of aromatic hydroxyl groups is 4. The minimum absolute atomic E-state index is 0.0652. The number of phenolic OH excluding ortho intramolecular Hbond substituents is 4. The van der Waals surface area contributed by atoms with Crippen molar-refractivity contribution in [3.05, 3.63) is 40.6 Å². The fourth-order valence-corrected chi connectivity index (χ4v) is 3.55. The van der Waals surface area contributed by atoms with Gasteiger partial charge in [-0.3, -0.25) is 9.59 Å². The van der Waals surface area contributed by atoms with Crippen LogP contribution in [0.5, 0.6) is 28.7 Å². The third kappa shape index (κ3) is 4.29. The van der Waals surface area contributed by atoms with E-state index in [4.69, 9.17) is 18.6 Å². The minimum atomic E-state index is -1.68. The number of ether oxygens (including phenoxy) is 3. The number of carbonyl (C=O) groups excluding carboxylic acids is 1. The van der Waals surface area contributed by atoms with Crippen molar-refractivity contribution >= 4 is 16.9 Å². The van der Waals surface area contributed by atoms with Crippen LogP contribution in [-0.4, -0.2) is 67.8 Å². The second-order valence-electron chi connectivity index (χ2n) is 7.60. The smallest absolute Gasteiger partial charge is 0.303 e. The van der Waals surface area contributed by atoms with E-state index in [1.54, 1.807) is 0 Å². The maximum Gasteiger partial charge on any atom is 0.303 e. The number of hydrogen-bond acceptors (Lipinski definition) is 12. The first-order valence-electron chi connectivity index (χ1n) is 9.93. The van der Waals surface area contributed by atoms with Crippen LogP contribution in [-0.2, 0) is 14.3 Å². The Morgan fingerprint density at radius 1 is 0.971 bits per heavy atom. The van der Waals surface area contributed by atoms with Crippen LogP contribution in [0.2, 0.25) is 0 Å². The number of fused-ring (bicyclic) bond motifs is 1. The molecule has 4 unspecified atom stereocenters. The molecule has 0 bridgehead atoms. The maximum absolute atomic E-state index is 12.6. The predicted octanol–water partition coefficient (Wildman–Crippen LogP) is 0.671. The Bertz CT molecular complexity index is 1310. The van der Waals surface area contributed by atoms with Gasteiger partial charge in [0.1, 0.15) is 46.2 Å². The van der Waals surface area contributed by atoms with Gasteiger partial charge in [-0.05, 0) is 6.07 Å². The summed E-state index contributed by atoms with van der Waals surface area (Å²) < 4.78 is 21.5. The molecule has 1 aromatic heterocycles. The standard InChI is InChI=1S/C22H20O12/c1-8(23)32-18-7-31-22(21(30)20(18)29)34-16-5-12(26)11(25)4-10(16)15-6-14(28)19-13(27)2-9(24)3-17(19)33-15/h2-6,18,20-22,24-27,29-30H,7H2,1H3. The zero-order chi connectivity index (χ0) is 24.7. The molecule has 3 aromatic rings. The van der Waals surface area contributed by atoms with E-state index < -0.39 is 53.2 Å². The van der Waals surface area contributed by atoms with Crippen molar-refractivity contribution in [2.75, 3.05) is 6.61 Å². The lowest BCUT2D eigenvalue weighted by Crippen LogP contribution is -2.56. The van der Waals surface area contributed by atoms with Crippen LogP contribution >= 0.6 is 0 Å². The van der Waals surface area contributed by atoms with Crippen molar-refractivity contribution in [2.24, 2.45) is 0 Å². The SMILES string of the molecule is CC(=O)OC1COC(Oc2cc(O)c(O)cc2-c2cc(=O)c3c(O)cc(O)cc3o2)C(O)C1O. The van der Waals surface area contributed by atoms with Crippen LogP contribution in [0.25, 0.3) is 22.3 Å². The average Bonchev–Trinajstić information content (AvgIpc) is 2.74. The first kappa shape index (κ1) is 23.2. The fourth-order valence-electron chi connectivity index (χ4n) is 3.55. The van der Waals surface area contributed by atoms with Gasteiger partial charge in [0.25, 0.3) is 0 Å². The van der Waals surface area contributed by atoms with E-state index in [0.29, 0.717) is 0 Å². The summed E-state index contributed by atoms with van der Waals surface area (Å²) in [5.41, 5.74) is -0.919. The van der Waals surface area contributed by atoms with Crippen molar-refractivity contribution in [3.63, 3.8) is 0 Å². The number of esters is 1. The minimum Gasteiger partial charge on any atom is -0.508 e. The molecule has 2 aromatic carbocycles. The molecule has 0 spiro atoms. The lowest BCUT2D eigenvalue weighted by atomic mass is 10.0. The third-order valence-corrected chi connectivity index (χ3v) is 5.13. The Morgan fingerprint density at radius 3 is 2.38 bits per heavy atom. The summed E-state index contributed by atoms with van der Waals surface area (Å²) in [7, 11) is 0. The maximum atomic E-state index is 12.6. The molecule has 12 heteroatoms. The monoisotopic (exact) mass is 476 g/mol. The van der Waals surface area contributed by atoms with Crippen LogP contribution in [0, 0.1) is 0 Å². The van der Waals surface area contributed by atoms with E-state index in [-0.39, 0.29) is 40.4 Å². The number of carbonyl (C=O) groups is 1. The highest BCUT2D eigenvalue weighted by Gasteiger charge is 2.42. The van der Waals surface area contributed by atoms with Crippen molar-refractivity contribution < 1.29 is 54.1 Å². The molecule has 180 valence electrons. The fraction of sp³-hybridized carbons (Fsp3) is 0.273. The number of hydrogen-bond donors (Lipinski definition) is 6. The first-order valence-corrected chi connectivity index (χ1v) is 9.93. The second-order valence-corrected chi connectivity index (χ2v) is 7.60. The highest BCUT2D eigenvalue weighted by atomic mass is 16.7. The summed E-state index contributed by atoms with van der Waals surface area (Å²) in [6, 6.07) is 5.04. The molecule has 0 saturated carbocycles. The molecule has 0 radical (unpaired) electrons. The van der Waals surface area contributed by atoms with Gasteiger partial charge in [-0.15, -0.1) is 0 Å². The van der Waals surface area contributed by atoms with Gasteiger partial charge in [0, 0.05) is 31.2 Å². The molecule has 12 nitrogen and oxygen atoms in total. The van der Waals surface area contributed by atoms with Crippen LogP contribution in [0.15, 0.2) is 39.5 Å². The van der Waals surface area contributed by atoms with Gasteiger partial charge in [-0.25, -0.2) is 0 Å². The van der Waals surface area contributed by atoms with E-state index in [1.807, 2.05) is 0 Å². The molecule has 4 rings (SSSR count). The van der Waals surface area contributed by atoms with Gasteiger partial charge in [0.15, 0.2) is 23.0 Å². The van der Waals surface area contributed by atoms with Crippen LogP contribution in [0.4, 0.5) is 0 Å². The number of aliphatic hydroxyl groups excluding tert-OH is 2. The number of rotatable bonds is 4. The normalized spacial score (nSPS) is 22.4. The average molecular weight is 476 g/mol. The van der Waals surface area contributed by atoms with E-state index >= 15 is 0 Å². The third-order valence-electron chi connectivity index (χ3n) is 5.13. The Morgan fingerprint density at radius 2 is 1.68 bits per heavy atom. The Labute approximate surface area is 190 Å². The van der Waals surface area contributed by atoms with Crippen molar-refractivity contribution in [2.45, 2.75) is 31.5 Å². The number of phenols is 4. The largest absolute Gasteiger partial charge is 0.508 e. The zero-order valence-electron chi connectivity index (χ0n) is 17.5. The van der Waals surface area contributed by atoms with Gasteiger partial charge in [-0.1, -0.05) is 0 Å².